The minimum atomic E-state index is -0.259. The zero-order valence-corrected chi connectivity index (χ0v) is 21.4. The average molecular weight is 538 g/mol. The van der Waals surface area contributed by atoms with Gasteiger partial charge < -0.3 is 20.7 Å². The first-order chi connectivity index (χ1) is 14.3. The normalized spacial score (nSPS) is 11.3. The molecule has 0 unspecified atom stereocenters. The van der Waals surface area contributed by atoms with Crippen molar-refractivity contribution < 1.29 is 9.53 Å². The van der Waals surface area contributed by atoms with Gasteiger partial charge in [0.15, 0.2) is 5.96 Å². The summed E-state index contributed by atoms with van der Waals surface area (Å²) in [5, 5.41) is 9.53. The summed E-state index contributed by atoms with van der Waals surface area (Å²) in [5.41, 5.74) is 2.48. The molecule has 0 aliphatic rings. The number of benzene rings is 2. The Morgan fingerprint density at radius 3 is 2.39 bits per heavy atom. The first-order valence-electron chi connectivity index (χ1n) is 10.4. The molecule has 6 nitrogen and oxygen atoms in total. The standard InChI is InChI=1S/C24H34N4O2.HI/c1-6-14-26-22(29)19-12-9-10-18(15-19)16-27-23(25-5)28-17-20-11-7-8-13-21(20)30-24(2,3)4;/h7-13,15H,6,14,16-17H2,1-5H3,(H,26,29)(H2,25,27,28);1H. The number of aliphatic imine (C=N–C) groups is 1. The third-order valence-electron chi connectivity index (χ3n) is 4.24. The Morgan fingerprint density at radius 2 is 1.71 bits per heavy atom. The summed E-state index contributed by atoms with van der Waals surface area (Å²) in [4.78, 5) is 16.5. The van der Waals surface area contributed by atoms with Crippen molar-refractivity contribution in [3.63, 3.8) is 0 Å². The van der Waals surface area contributed by atoms with Crippen LogP contribution in [0.2, 0.25) is 0 Å². The summed E-state index contributed by atoms with van der Waals surface area (Å²) in [6, 6.07) is 15.6. The molecule has 0 bridgehead atoms. The maximum atomic E-state index is 12.2. The lowest BCUT2D eigenvalue weighted by Gasteiger charge is -2.23. The summed E-state index contributed by atoms with van der Waals surface area (Å²) >= 11 is 0. The van der Waals surface area contributed by atoms with Crippen LogP contribution in [0.1, 0.15) is 55.6 Å². The van der Waals surface area contributed by atoms with Crippen LogP contribution >= 0.6 is 24.0 Å². The zero-order valence-electron chi connectivity index (χ0n) is 19.1. The van der Waals surface area contributed by atoms with Gasteiger partial charge in [-0.05, 0) is 51.0 Å². The number of rotatable bonds is 8. The number of amides is 1. The van der Waals surface area contributed by atoms with E-state index in [0.29, 0.717) is 31.2 Å². The van der Waals surface area contributed by atoms with E-state index in [9.17, 15) is 4.79 Å². The second kappa shape index (κ2) is 13.2. The van der Waals surface area contributed by atoms with Gasteiger partial charge in [0.05, 0.1) is 0 Å². The predicted molar refractivity (Wildman–Crippen MR) is 138 cm³/mol. The van der Waals surface area contributed by atoms with E-state index in [0.717, 1.165) is 23.3 Å². The first kappa shape index (κ1) is 26.7. The molecule has 0 spiro atoms. The SMILES string of the molecule is CCCNC(=O)c1cccc(CNC(=NC)NCc2ccccc2OC(C)(C)C)c1.I. The van der Waals surface area contributed by atoms with Crippen molar-refractivity contribution in [2.75, 3.05) is 13.6 Å². The minimum Gasteiger partial charge on any atom is -0.488 e. The van der Waals surface area contributed by atoms with E-state index in [2.05, 4.69) is 20.9 Å². The molecule has 170 valence electrons. The van der Waals surface area contributed by atoms with Crippen molar-refractivity contribution >= 4 is 35.8 Å². The fourth-order valence-electron chi connectivity index (χ4n) is 2.83. The van der Waals surface area contributed by atoms with Crippen molar-refractivity contribution in [1.29, 1.82) is 0 Å². The van der Waals surface area contributed by atoms with Crippen LogP contribution in [-0.2, 0) is 13.1 Å². The van der Waals surface area contributed by atoms with Gasteiger partial charge in [0.1, 0.15) is 11.4 Å². The highest BCUT2D eigenvalue weighted by Gasteiger charge is 2.14. The van der Waals surface area contributed by atoms with Crippen LogP contribution in [0.15, 0.2) is 53.5 Å². The van der Waals surface area contributed by atoms with E-state index in [1.165, 1.54) is 0 Å². The fraction of sp³-hybridized carbons (Fsp3) is 0.417. The van der Waals surface area contributed by atoms with Crippen LogP contribution in [0.4, 0.5) is 0 Å². The molecule has 0 aromatic heterocycles. The quantitative estimate of drug-likeness (QED) is 0.263. The van der Waals surface area contributed by atoms with Gasteiger partial charge in [-0.25, -0.2) is 0 Å². The number of halogens is 1. The van der Waals surface area contributed by atoms with Crippen LogP contribution < -0.4 is 20.7 Å². The van der Waals surface area contributed by atoms with E-state index in [1.54, 1.807) is 7.05 Å². The number of hydrogen-bond donors (Lipinski definition) is 3. The largest absolute Gasteiger partial charge is 0.488 e. The van der Waals surface area contributed by atoms with Crippen molar-refractivity contribution in [3.05, 3.63) is 65.2 Å². The topological polar surface area (TPSA) is 74.8 Å². The van der Waals surface area contributed by atoms with Crippen molar-refractivity contribution in [2.24, 2.45) is 4.99 Å². The third kappa shape index (κ3) is 9.59. The molecule has 0 radical (unpaired) electrons. The molecule has 2 aromatic rings. The molecule has 0 fully saturated rings. The van der Waals surface area contributed by atoms with E-state index >= 15 is 0 Å². The summed E-state index contributed by atoms with van der Waals surface area (Å²) in [7, 11) is 1.74. The molecular formula is C24H35IN4O2. The Kier molecular flexibility index (Phi) is 11.4. The Hall–Kier alpha value is -2.29. The van der Waals surface area contributed by atoms with Gasteiger partial charge in [-0.15, -0.1) is 24.0 Å². The summed E-state index contributed by atoms with van der Waals surface area (Å²) in [5.74, 6) is 1.50. The lowest BCUT2D eigenvalue weighted by molar-refractivity contribution is 0.0953. The molecule has 0 saturated carbocycles. The Balaban J connectivity index is 0.00000480. The summed E-state index contributed by atoms with van der Waals surface area (Å²) in [6.07, 6.45) is 0.916. The maximum absolute atomic E-state index is 12.2. The molecule has 2 aromatic carbocycles. The molecule has 1 amide bonds. The van der Waals surface area contributed by atoms with Crippen LogP contribution in [0, 0.1) is 0 Å². The second-order valence-electron chi connectivity index (χ2n) is 8.06. The summed E-state index contributed by atoms with van der Waals surface area (Å²) < 4.78 is 6.05. The number of hydrogen-bond acceptors (Lipinski definition) is 3. The van der Waals surface area contributed by atoms with Crippen molar-refractivity contribution in [3.8, 4) is 5.75 Å². The minimum absolute atomic E-state index is 0. The Morgan fingerprint density at radius 1 is 1.00 bits per heavy atom. The molecule has 0 atom stereocenters. The third-order valence-corrected chi connectivity index (χ3v) is 4.24. The smallest absolute Gasteiger partial charge is 0.251 e. The van der Waals surface area contributed by atoms with E-state index in [1.807, 2.05) is 76.2 Å². The maximum Gasteiger partial charge on any atom is 0.251 e. The highest BCUT2D eigenvalue weighted by atomic mass is 127. The fourth-order valence-corrected chi connectivity index (χ4v) is 2.83. The lowest BCUT2D eigenvalue weighted by Crippen LogP contribution is -2.36. The van der Waals surface area contributed by atoms with Gasteiger partial charge in [-0.2, -0.15) is 0 Å². The molecular weight excluding hydrogens is 503 g/mol. The van der Waals surface area contributed by atoms with Crippen molar-refractivity contribution in [1.82, 2.24) is 16.0 Å². The lowest BCUT2D eigenvalue weighted by atomic mass is 10.1. The van der Waals surface area contributed by atoms with E-state index < -0.39 is 0 Å². The molecule has 2 rings (SSSR count). The van der Waals surface area contributed by atoms with Gasteiger partial charge in [0.2, 0.25) is 0 Å². The first-order valence-corrected chi connectivity index (χ1v) is 10.4. The second-order valence-corrected chi connectivity index (χ2v) is 8.06. The van der Waals surface area contributed by atoms with Crippen LogP contribution in [-0.4, -0.2) is 31.1 Å². The predicted octanol–water partition coefficient (Wildman–Crippen LogP) is 4.49. The molecule has 31 heavy (non-hydrogen) atoms. The van der Waals surface area contributed by atoms with Crippen molar-refractivity contribution in [2.45, 2.75) is 52.8 Å². The number of guanidine groups is 1. The van der Waals surface area contributed by atoms with Gasteiger partial charge in [-0.1, -0.05) is 37.3 Å². The molecule has 3 N–H and O–H groups in total. The number of carbonyl (C=O) groups excluding carboxylic acids is 1. The van der Waals surface area contributed by atoms with E-state index in [-0.39, 0.29) is 35.5 Å². The molecule has 0 aliphatic heterocycles. The summed E-state index contributed by atoms with van der Waals surface area (Å²) in [6.45, 7) is 9.97. The molecule has 0 saturated heterocycles. The van der Waals surface area contributed by atoms with Crippen LogP contribution in [0.5, 0.6) is 5.75 Å². The molecule has 0 aliphatic carbocycles. The number of nitrogens with one attached hydrogen (secondary N) is 3. The molecule has 7 heteroatoms. The van der Waals surface area contributed by atoms with Gasteiger partial charge >= 0.3 is 0 Å². The number of nitrogens with zero attached hydrogens (tertiary/aromatic N) is 1. The highest BCUT2D eigenvalue weighted by molar-refractivity contribution is 14.0. The average Bonchev–Trinajstić information content (AvgIpc) is 2.72. The monoisotopic (exact) mass is 538 g/mol. The molecule has 0 heterocycles. The van der Waals surface area contributed by atoms with Gasteiger partial charge in [0, 0.05) is 37.8 Å². The number of para-hydroxylation sites is 1. The number of ether oxygens (including phenoxy) is 1. The zero-order chi connectivity index (χ0) is 22.0. The van der Waals surface area contributed by atoms with Crippen LogP contribution in [0.25, 0.3) is 0 Å². The van der Waals surface area contributed by atoms with Gasteiger partial charge in [-0.3, -0.25) is 9.79 Å². The van der Waals surface area contributed by atoms with Gasteiger partial charge in [0.25, 0.3) is 5.91 Å². The van der Waals surface area contributed by atoms with Crippen LogP contribution in [0.3, 0.4) is 0 Å². The number of carbonyl (C=O) groups is 1. The Bertz CT molecular complexity index is 863. The highest BCUT2D eigenvalue weighted by Crippen LogP contribution is 2.22. The Labute approximate surface area is 203 Å². The van der Waals surface area contributed by atoms with E-state index in [4.69, 9.17) is 4.74 Å².